The third kappa shape index (κ3) is 2.67. The fraction of sp³-hybridized carbons (Fsp3) is 0.500. The van der Waals surface area contributed by atoms with Crippen LogP contribution in [-0.4, -0.2) is 29.1 Å². The molecule has 0 atom stereocenters. The van der Waals surface area contributed by atoms with Crippen LogP contribution in [0.2, 0.25) is 0 Å². The lowest BCUT2D eigenvalue weighted by atomic mass is 9.99. The van der Waals surface area contributed by atoms with Crippen molar-refractivity contribution in [3.8, 4) is 0 Å². The molecule has 5 nitrogen and oxygen atoms in total. The second-order valence-electron chi connectivity index (χ2n) is 4.54. The number of rotatable bonds is 2. The maximum Gasteiger partial charge on any atom is 0.188 e. The molecule has 0 bridgehead atoms. The number of pyridine rings is 1. The van der Waals surface area contributed by atoms with E-state index in [1.54, 1.807) is 6.07 Å². The highest BCUT2D eigenvalue weighted by Gasteiger charge is 2.17. The molecule has 0 aromatic carbocycles. The van der Waals surface area contributed by atoms with Gasteiger partial charge in [-0.2, -0.15) is 0 Å². The molecule has 0 radical (unpaired) electrons. The second kappa shape index (κ2) is 5.03. The minimum absolute atomic E-state index is 0.0530. The number of hydrogen-bond acceptors (Lipinski definition) is 4. The predicted molar refractivity (Wildman–Crippen MR) is 67.4 cm³/mol. The van der Waals surface area contributed by atoms with Crippen LogP contribution in [0.4, 0.5) is 5.82 Å². The van der Waals surface area contributed by atoms with Crippen LogP contribution in [0.15, 0.2) is 23.4 Å². The van der Waals surface area contributed by atoms with Gasteiger partial charge in [0.25, 0.3) is 0 Å². The largest absolute Gasteiger partial charge is 0.409 e. The maximum absolute atomic E-state index is 8.63. The molecule has 1 aliphatic heterocycles. The van der Waals surface area contributed by atoms with Gasteiger partial charge in [-0.3, -0.25) is 0 Å². The highest BCUT2D eigenvalue weighted by atomic mass is 16.4. The van der Waals surface area contributed by atoms with Crippen LogP contribution < -0.4 is 10.6 Å². The lowest BCUT2D eigenvalue weighted by Crippen LogP contribution is -2.33. The SMILES string of the molecule is CC1CCN(c2cccc(C(N)=NO)n2)CC1. The van der Waals surface area contributed by atoms with Crippen molar-refractivity contribution in [2.45, 2.75) is 19.8 Å². The van der Waals surface area contributed by atoms with E-state index >= 15 is 0 Å². The third-order valence-electron chi connectivity index (χ3n) is 3.21. The first-order valence-electron chi connectivity index (χ1n) is 5.90. The fourth-order valence-corrected chi connectivity index (χ4v) is 2.03. The minimum atomic E-state index is 0.0530. The summed E-state index contributed by atoms with van der Waals surface area (Å²) >= 11 is 0. The van der Waals surface area contributed by atoms with Crippen molar-refractivity contribution < 1.29 is 5.21 Å². The van der Waals surface area contributed by atoms with Gasteiger partial charge in [0.1, 0.15) is 11.5 Å². The zero-order valence-electron chi connectivity index (χ0n) is 10.0. The summed E-state index contributed by atoms with van der Waals surface area (Å²) in [5, 5.41) is 11.6. The first-order valence-corrected chi connectivity index (χ1v) is 5.90. The Morgan fingerprint density at radius 1 is 1.47 bits per heavy atom. The average molecular weight is 234 g/mol. The van der Waals surface area contributed by atoms with Crippen LogP contribution in [0, 0.1) is 5.92 Å². The molecule has 17 heavy (non-hydrogen) atoms. The van der Waals surface area contributed by atoms with Gasteiger partial charge in [-0.05, 0) is 30.9 Å². The highest BCUT2D eigenvalue weighted by molar-refractivity contribution is 5.95. The zero-order valence-corrected chi connectivity index (χ0v) is 10.0. The average Bonchev–Trinajstić information content (AvgIpc) is 2.39. The van der Waals surface area contributed by atoms with E-state index in [1.807, 2.05) is 12.1 Å². The summed E-state index contributed by atoms with van der Waals surface area (Å²) in [4.78, 5) is 6.65. The maximum atomic E-state index is 8.63. The van der Waals surface area contributed by atoms with Crippen molar-refractivity contribution in [3.63, 3.8) is 0 Å². The summed E-state index contributed by atoms with van der Waals surface area (Å²) < 4.78 is 0. The lowest BCUT2D eigenvalue weighted by Gasteiger charge is -2.31. The Balaban J connectivity index is 2.16. The number of nitrogens with two attached hydrogens (primary N) is 1. The van der Waals surface area contributed by atoms with E-state index in [4.69, 9.17) is 10.9 Å². The summed E-state index contributed by atoms with van der Waals surface area (Å²) in [7, 11) is 0. The Morgan fingerprint density at radius 2 is 2.18 bits per heavy atom. The van der Waals surface area contributed by atoms with Gasteiger partial charge >= 0.3 is 0 Å². The van der Waals surface area contributed by atoms with Crippen molar-refractivity contribution in [2.75, 3.05) is 18.0 Å². The van der Waals surface area contributed by atoms with E-state index in [0.717, 1.165) is 24.8 Å². The van der Waals surface area contributed by atoms with Gasteiger partial charge in [-0.1, -0.05) is 18.1 Å². The molecule has 0 saturated carbocycles. The van der Waals surface area contributed by atoms with E-state index < -0.39 is 0 Å². The van der Waals surface area contributed by atoms with Gasteiger partial charge in [0, 0.05) is 13.1 Å². The van der Waals surface area contributed by atoms with Crippen molar-refractivity contribution in [3.05, 3.63) is 23.9 Å². The van der Waals surface area contributed by atoms with Crippen LogP contribution in [0.3, 0.4) is 0 Å². The van der Waals surface area contributed by atoms with E-state index in [2.05, 4.69) is 22.0 Å². The molecule has 0 amide bonds. The zero-order chi connectivity index (χ0) is 12.3. The quantitative estimate of drug-likeness (QED) is 0.351. The van der Waals surface area contributed by atoms with E-state index in [0.29, 0.717) is 5.69 Å². The van der Waals surface area contributed by atoms with Gasteiger partial charge in [0.2, 0.25) is 0 Å². The van der Waals surface area contributed by atoms with E-state index in [1.165, 1.54) is 12.8 Å². The third-order valence-corrected chi connectivity index (χ3v) is 3.21. The number of hydrogen-bond donors (Lipinski definition) is 2. The molecule has 92 valence electrons. The smallest absolute Gasteiger partial charge is 0.188 e. The summed E-state index contributed by atoms with van der Waals surface area (Å²) in [6.07, 6.45) is 2.38. The molecule has 1 aliphatic rings. The van der Waals surface area contributed by atoms with Crippen molar-refractivity contribution >= 4 is 11.7 Å². The molecule has 2 heterocycles. The first-order chi connectivity index (χ1) is 8.20. The molecule has 2 rings (SSSR count). The molecule has 5 heteroatoms. The van der Waals surface area contributed by atoms with Crippen LogP contribution >= 0.6 is 0 Å². The molecular weight excluding hydrogens is 216 g/mol. The van der Waals surface area contributed by atoms with Crippen LogP contribution in [0.5, 0.6) is 0 Å². The standard InChI is InChI=1S/C12H18N4O/c1-9-5-7-16(8-6-9)11-4-2-3-10(14-11)12(13)15-17/h2-4,9,17H,5-8H2,1H3,(H2,13,15). The fourth-order valence-electron chi connectivity index (χ4n) is 2.03. The Hall–Kier alpha value is -1.78. The molecule has 3 N–H and O–H groups in total. The molecule has 1 saturated heterocycles. The Kier molecular flexibility index (Phi) is 3.46. The second-order valence-corrected chi connectivity index (χ2v) is 4.54. The molecule has 0 aliphatic carbocycles. The summed E-state index contributed by atoms with van der Waals surface area (Å²) in [5.41, 5.74) is 6.05. The number of oxime groups is 1. The van der Waals surface area contributed by atoms with Gasteiger partial charge in [-0.15, -0.1) is 0 Å². The number of amidine groups is 1. The predicted octanol–water partition coefficient (Wildman–Crippen LogP) is 1.41. The van der Waals surface area contributed by atoms with Gasteiger partial charge in [0.15, 0.2) is 5.84 Å². The molecule has 1 fully saturated rings. The van der Waals surface area contributed by atoms with Crippen molar-refractivity contribution in [2.24, 2.45) is 16.8 Å². The first kappa shape index (κ1) is 11.7. The summed E-state index contributed by atoms with van der Waals surface area (Å²) in [6.45, 7) is 4.32. The van der Waals surface area contributed by atoms with Crippen LogP contribution in [0.25, 0.3) is 0 Å². The number of piperidine rings is 1. The molecule has 0 spiro atoms. The topological polar surface area (TPSA) is 74.7 Å². The van der Waals surface area contributed by atoms with Crippen LogP contribution in [0.1, 0.15) is 25.5 Å². The molecule has 1 aromatic heterocycles. The Labute approximate surface area is 101 Å². The molecule has 0 unspecified atom stereocenters. The number of nitrogens with zero attached hydrogens (tertiary/aromatic N) is 3. The highest BCUT2D eigenvalue weighted by Crippen LogP contribution is 2.21. The van der Waals surface area contributed by atoms with Crippen LogP contribution in [-0.2, 0) is 0 Å². The molecular formula is C12H18N4O. The lowest BCUT2D eigenvalue weighted by molar-refractivity contribution is 0.318. The summed E-state index contributed by atoms with van der Waals surface area (Å²) in [6, 6.07) is 5.59. The monoisotopic (exact) mass is 234 g/mol. The Morgan fingerprint density at radius 3 is 2.82 bits per heavy atom. The Bertz CT molecular complexity index is 411. The van der Waals surface area contributed by atoms with Gasteiger partial charge in [-0.25, -0.2) is 4.98 Å². The van der Waals surface area contributed by atoms with E-state index in [-0.39, 0.29) is 5.84 Å². The number of anilines is 1. The van der Waals surface area contributed by atoms with Gasteiger partial charge < -0.3 is 15.8 Å². The van der Waals surface area contributed by atoms with E-state index in [9.17, 15) is 0 Å². The summed E-state index contributed by atoms with van der Waals surface area (Å²) in [5.74, 6) is 1.75. The molecule has 1 aromatic rings. The number of aromatic nitrogens is 1. The van der Waals surface area contributed by atoms with Gasteiger partial charge in [0.05, 0.1) is 0 Å². The van der Waals surface area contributed by atoms with Crippen molar-refractivity contribution in [1.29, 1.82) is 0 Å². The minimum Gasteiger partial charge on any atom is -0.409 e. The normalized spacial score (nSPS) is 18.4. The van der Waals surface area contributed by atoms with Crippen molar-refractivity contribution in [1.82, 2.24) is 4.98 Å².